The Kier molecular flexibility index (Phi) is 8.01. The molecule has 2 aromatic carbocycles. The van der Waals surface area contributed by atoms with Crippen LogP contribution in [0.25, 0.3) is 0 Å². The summed E-state index contributed by atoms with van der Waals surface area (Å²) in [4.78, 5) is 3.53. The first-order valence-corrected chi connectivity index (χ1v) is 13.0. The number of rotatable bonds is 12. The summed E-state index contributed by atoms with van der Waals surface area (Å²) >= 11 is 1.71. The van der Waals surface area contributed by atoms with Crippen LogP contribution in [0, 0.1) is 0 Å². The summed E-state index contributed by atoms with van der Waals surface area (Å²) in [6.45, 7) is 1.73. The van der Waals surface area contributed by atoms with E-state index >= 15 is 0 Å². The fourth-order valence-electron chi connectivity index (χ4n) is 4.41. The molecule has 0 amide bonds. The van der Waals surface area contributed by atoms with E-state index in [0.717, 1.165) is 22.6 Å². The van der Waals surface area contributed by atoms with Gasteiger partial charge >= 0.3 is 0 Å². The monoisotopic (exact) mass is 531 g/mol. The molecule has 0 aliphatic carbocycles. The first kappa shape index (κ1) is 25.5. The molecule has 5 rings (SSSR count). The van der Waals surface area contributed by atoms with Gasteiger partial charge in [0.15, 0.2) is 17.3 Å². The number of tetrazole rings is 1. The van der Waals surface area contributed by atoms with Crippen LogP contribution in [0.15, 0.2) is 82.8 Å². The standard InChI is InChI=1S/C28H29N5O4S/c1-34-22-11-8-20(9-12-22)17-33-28(29-30-31-33)27(21-10-13-25(35-2)26(16-21)36-3)32(18-23-6-4-14-37-23)19-24-7-5-15-38-24/h4-16,27H,17-19H2,1-3H3. The molecule has 1 atom stereocenters. The molecule has 0 bridgehead atoms. The highest BCUT2D eigenvalue weighted by molar-refractivity contribution is 7.09. The summed E-state index contributed by atoms with van der Waals surface area (Å²) in [6, 6.07) is 21.6. The van der Waals surface area contributed by atoms with E-state index in [2.05, 4.69) is 37.9 Å². The number of nitrogens with zero attached hydrogens (tertiary/aromatic N) is 5. The van der Waals surface area contributed by atoms with Crippen LogP contribution in [0.2, 0.25) is 0 Å². The van der Waals surface area contributed by atoms with Gasteiger partial charge in [-0.15, -0.1) is 16.4 Å². The van der Waals surface area contributed by atoms with Gasteiger partial charge in [0.2, 0.25) is 0 Å². The Bertz CT molecular complexity index is 1380. The second-order valence-electron chi connectivity index (χ2n) is 8.62. The number of methoxy groups -OCH3 is 3. The van der Waals surface area contributed by atoms with Crippen LogP contribution in [0.3, 0.4) is 0 Å². The first-order valence-electron chi connectivity index (χ1n) is 12.1. The van der Waals surface area contributed by atoms with Crippen LogP contribution in [-0.4, -0.2) is 46.4 Å². The van der Waals surface area contributed by atoms with Gasteiger partial charge in [-0.25, -0.2) is 4.68 Å². The Hall–Kier alpha value is -4.15. The third-order valence-electron chi connectivity index (χ3n) is 6.26. The van der Waals surface area contributed by atoms with Crippen LogP contribution in [0.4, 0.5) is 0 Å². The van der Waals surface area contributed by atoms with Gasteiger partial charge in [-0.05, 0) is 69.4 Å². The van der Waals surface area contributed by atoms with Crippen molar-refractivity contribution >= 4 is 11.3 Å². The summed E-state index contributed by atoms with van der Waals surface area (Å²) in [5.74, 6) is 3.65. The van der Waals surface area contributed by atoms with E-state index in [0.29, 0.717) is 37.0 Å². The van der Waals surface area contributed by atoms with E-state index in [9.17, 15) is 0 Å². The number of benzene rings is 2. The molecule has 5 aromatic rings. The first-order chi connectivity index (χ1) is 18.7. The Morgan fingerprint density at radius 3 is 2.45 bits per heavy atom. The maximum Gasteiger partial charge on any atom is 0.173 e. The zero-order valence-electron chi connectivity index (χ0n) is 21.5. The number of hydrogen-bond donors (Lipinski definition) is 0. The second-order valence-corrected chi connectivity index (χ2v) is 9.66. The second kappa shape index (κ2) is 11.9. The molecule has 9 nitrogen and oxygen atoms in total. The lowest BCUT2D eigenvalue weighted by Gasteiger charge is -2.30. The molecule has 0 radical (unpaired) electrons. The predicted octanol–water partition coefficient (Wildman–Crippen LogP) is 5.19. The highest BCUT2D eigenvalue weighted by Gasteiger charge is 2.30. The van der Waals surface area contributed by atoms with E-state index in [1.807, 2.05) is 59.3 Å². The van der Waals surface area contributed by atoms with Gasteiger partial charge in [0, 0.05) is 11.4 Å². The molecule has 3 heterocycles. The number of hydrogen-bond acceptors (Lipinski definition) is 9. The Morgan fingerprint density at radius 1 is 0.921 bits per heavy atom. The molecule has 10 heteroatoms. The molecule has 0 fully saturated rings. The quantitative estimate of drug-likeness (QED) is 0.217. The maximum absolute atomic E-state index is 5.76. The minimum atomic E-state index is -0.310. The van der Waals surface area contributed by atoms with Crippen molar-refractivity contribution in [3.63, 3.8) is 0 Å². The number of thiophene rings is 1. The average Bonchev–Trinajstić information content (AvgIpc) is 3.74. The predicted molar refractivity (Wildman–Crippen MR) is 144 cm³/mol. The van der Waals surface area contributed by atoms with Crippen LogP contribution < -0.4 is 14.2 Å². The fourth-order valence-corrected chi connectivity index (χ4v) is 5.14. The highest BCUT2D eigenvalue weighted by atomic mass is 32.1. The van der Waals surface area contributed by atoms with E-state index in [1.165, 1.54) is 4.88 Å². The lowest BCUT2D eigenvalue weighted by atomic mass is 10.0. The molecule has 0 saturated heterocycles. The van der Waals surface area contributed by atoms with Crippen LogP contribution in [0.5, 0.6) is 17.2 Å². The largest absolute Gasteiger partial charge is 0.497 e. The lowest BCUT2D eigenvalue weighted by Crippen LogP contribution is -2.31. The van der Waals surface area contributed by atoms with Crippen molar-refractivity contribution < 1.29 is 18.6 Å². The van der Waals surface area contributed by atoms with Gasteiger partial charge in [0.05, 0.1) is 46.7 Å². The SMILES string of the molecule is COc1ccc(Cn2nnnc2C(c2ccc(OC)c(OC)c2)N(Cc2ccco2)Cc2cccs2)cc1. The Labute approximate surface area is 225 Å². The normalized spacial score (nSPS) is 12.0. The van der Waals surface area contributed by atoms with Crippen molar-refractivity contribution in [1.82, 2.24) is 25.1 Å². The summed E-state index contributed by atoms with van der Waals surface area (Å²) in [5.41, 5.74) is 2.03. The molecule has 0 N–H and O–H groups in total. The third kappa shape index (κ3) is 5.71. The van der Waals surface area contributed by atoms with Crippen molar-refractivity contribution in [2.45, 2.75) is 25.7 Å². The molecular formula is C28H29N5O4S. The van der Waals surface area contributed by atoms with Gasteiger partial charge in [-0.2, -0.15) is 0 Å². The minimum absolute atomic E-state index is 0.310. The highest BCUT2D eigenvalue weighted by Crippen LogP contribution is 2.36. The molecule has 0 saturated carbocycles. The summed E-state index contributed by atoms with van der Waals surface area (Å²) in [5, 5.41) is 15.1. The molecule has 0 spiro atoms. The van der Waals surface area contributed by atoms with E-state index < -0.39 is 0 Å². The molecule has 1 unspecified atom stereocenters. The van der Waals surface area contributed by atoms with Gasteiger partial charge in [0.1, 0.15) is 11.5 Å². The van der Waals surface area contributed by atoms with Crippen LogP contribution >= 0.6 is 11.3 Å². The minimum Gasteiger partial charge on any atom is -0.497 e. The van der Waals surface area contributed by atoms with Gasteiger partial charge in [-0.3, -0.25) is 4.90 Å². The van der Waals surface area contributed by atoms with Crippen LogP contribution in [-0.2, 0) is 19.6 Å². The van der Waals surface area contributed by atoms with Crippen molar-refractivity contribution in [3.05, 3.63) is 106 Å². The molecule has 196 valence electrons. The molecule has 0 aliphatic rings. The zero-order chi connectivity index (χ0) is 26.3. The lowest BCUT2D eigenvalue weighted by molar-refractivity contribution is 0.181. The van der Waals surface area contributed by atoms with Gasteiger partial charge in [0.25, 0.3) is 0 Å². The number of ether oxygens (including phenoxy) is 3. The Balaban J connectivity index is 1.59. The van der Waals surface area contributed by atoms with Crippen LogP contribution in [0.1, 0.15) is 33.6 Å². The molecule has 3 aromatic heterocycles. The zero-order valence-corrected chi connectivity index (χ0v) is 22.3. The molecule has 38 heavy (non-hydrogen) atoms. The maximum atomic E-state index is 5.76. The van der Waals surface area contributed by atoms with E-state index in [4.69, 9.17) is 18.6 Å². The van der Waals surface area contributed by atoms with E-state index in [1.54, 1.807) is 38.9 Å². The summed E-state index contributed by atoms with van der Waals surface area (Å²) in [6.07, 6.45) is 1.69. The van der Waals surface area contributed by atoms with Gasteiger partial charge < -0.3 is 18.6 Å². The number of furan rings is 1. The molecule has 0 aliphatic heterocycles. The number of aromatic nitrogens is 4. The Morgan fingerprint density at radius 2 is 1.76 bits per heavy atom. The van der Waals surface area contributed by atoms with Crippen molar-refractivity contribution in [1.29, 1.82) is 0 Å². The van der Waals surface area contributed by atoms with Crippen molar-refractivity contribution in [3.8, 4) is 17.2 Å². The van der Waals surface area contributed by atoms with Gasteiger partial charge in [-0.1, -0.05) is 24.3 Å². The van der Waals surface area contributed by atoms with E-state index in [-0.39, 0.29) is 6.04 Å². The fraction of sp³-hybridized carbons (Fsp3) is 0.250. The summed E-state index contributed by atoms with van der Waals surface area (Å²) in [7, 11) is 4.92. The molecular weight excluding hydrogens is 502 g/mol. The smallest absolute Gasteiger partial charge is 0.173 e. The topological polar surface area (TPSA) is 87.7 Å². The summed E-state index contributed by atoms with van der Waals surface area (Å²) < 4.78 is 24.1. The van der Waals surface area contributed by atoms with Crippen molar-refractivity contribution in [2.75, 3.05) is 21.3 Å². The van der Waals surface area contributed by atoms with Crippen molar-refractivity contribution in [2.24, 2.45) is 0 Å². The third-order valence-corrected chi connectivity index (χ3v) is 7.12. The average molecular weight is 532 g/mol.